The van der Waals surface area contributed by atoms with Crippen LogP contribution in [-0.2, 0) is 4.79 Å². The van der Waals surface area contributed by atoms with Crippen molar-refractivity contribution in [1.29, 1.82) is 0 Å². The predicted octanol–water partition coefficient (Wildman–Crippen LogP) is 7.24. The van der Waals surface area contributed by atoms with Crippen molar-refractivity contribution in [2.45, 2.75) is 102 Å². The summed E-state index contributed by atoms with van der Waals surface area (Å²) in [6.45, 7) is 15.4. The van der Waals surface area contributed by atoms with Crippen molar-refractivity contribution in [3.8, 4) is 0 Å². The van der Waals surface area contributed by atoms with Gasteiger partial charge in [0, 0.05) is 28.1 Å². The summed E-state index contributed by atoms with van der Waals surface area (Å²) < 4.78 is 14.8. The zero-order valence-corrected chi connectivity index (χ0v) is 22.8. The van der Waals surface area contributed by atoms with Crippen molar-refractivity contribution in [3.63, 3.8) is 0 Å². The van der Waals surface area contributed by atoms with Crippen LogP contribution in [0.5, 0.6) is 0 Å². The van der Waals surface area contributed by atoms with Crippen LogP contribution in [0.25, 0.3) is 0 Å². The zero-order chi connectivity index (χ0) is 25.8. The molecule has 2 unspecified atom stereocenters. The van der Waals surface area contributed by atoms with Gasteiger partial charge in [0.15, 0.2) is 0 Å². The second-order valence-electron chi connectivity index (χ2n) is 10.4. The number of aliphatic imine (C=N–C) groups is 1. The third-order valence-corrected chi connectivity index (χ3v) is 8.66. The van der Waals surface area contributed by atoms with E-state index in [1.165, 1.54) is 17.8 Å². The highest BCUT2D eigenvalue weighted by molar-refractivity contribution is 8.03. The maximum Gasteiger partial charge on any atom is 0.226 e. The Labute approximate surface area is 214 Å². The van der Waals surface area contributed by atoms with Crippen LogP contribution in [0.15, 0.2) is 50.8 Å². The number of aliphatic hydroxyl groups is 1. The van der Waals surface area contributed by atoms with Gasteiger partial charge in [0.05, 0.1) is 17.7 Å². The quantitative estimate of drug-likeness (QED) is 0.272. The first kappa shape index (κ1) is 27.7. The van der Waals surface area contributed by atoms with E-state index in [9.17, 15) is 14.3 Å². The highest BCUT2D eigenvalue weighted by Crippen LogP contribution is 2.42. The van der Waals surface area contributed by atoms with Crippen LogP contribution >= 0.6 is 11.8 Å². The molecular weight excluding hydrogens is 459 g/mol. The number of amides is 1. The standard InChI is InChI=1S/C29H41FN2O2S/c1-7-19(3)18-31-27-21(5)13-16-32(25(33)17-29(34)14-10-15-29)28(27)22(6)35-24-12-9-11-23(30)26(24)20(4)8-2/h9,11-12,18-20,28,34H,6-8,10,13-17H2,1-5H3/t19?,20?,28-/m1/s1. The van der Waals surface area contributed by atoms with Crippen LogP contribution < -0.4 is 0 Å². The molecule has 1 heterocycles. The first-order valence-electron chi connectivity index (χ1n) is 13.0. The number of hydrogen-bond donors (Lipinski definition) is 1. The van der Waals surface area contributed by atoms with Crippen molar-refractivity contribution in [3.05, 3.63) is 52.3 Å². The number of halogens is 1. The minimum absolute atomic E-state index is 0.0657. The van der Waals surface area contributed by atoms with Gasteiger partial charge in [0.2, 0.25) is 5.91 Å². The molecule has 3 rings (SSSR count). The van der Waals surface area contributed by atoms with Gasteiger partial charge in [-0.15, -0.1) is 0 Å². The fraction of sp³-hybridized carbons (Fsp3) is 0.586. The lowest BCUT2D eigenvalue weighted by molar-refractivity contribution is -0.141. The first-order valence-corrected chi connectivity index (χ1v) is 13.8. The van der Waals surface area contributed by atoms with Crippen LogP contribution in [0.1, 0.15) is 91.0 Å². The SMILES string of the molecule is C=C(Sc1cccc(F)c1C(C)CC)[C@@H]1C(N=CC(C)CC)=C(C)CCN1C(=O)CC1(O)CCC1. The Morgan fingerprint density at radius 1 is 1.34 bits per heavy atom. The molecule has 1 saturated carbocycles. The molecule has 4 nitrogen and oxygen atoms in total. The summed E-state index contributed by atoms with van der Waals surface area (Å²) in [5, 5.41) is 10.7. The monoisotopic (exact) mass is 500 g/mol. The minimum Gasteiger partial charge on any atom is -0.389 e. The Morgan fingerprint density at radius 2 is 2.06 bits per heavy atom. The van der Waals surface area contributed by atoms with Gasteiger partial charge < -0.3 is 10.0 Å². The van der Waals surface area contributed by atoms with Crippen molar-refractivity contribution in [1.82, 2.24) is 4.90 Å². The van der Waals surface area contributed by atoms with Gasteiger partial charge in [-0.3, -0.25) is 9.79 Å². The molecule has 0 spiro atoms. The molecule has 1 amide bonds. The molecule has 3 atom stereocenters. The van der Waals surface area contributed by atoms with Gasteiger partial charge in [-0.25, -0.2) is 4.39 Å². The number of hydrogen-bond acceptors (Lipinski definition) is 4. The predicted molar refractivity (Wildman–Crippen MR) is 144 cm³/mol. The molecule has 1 N–H and O–H groups in total. The van der Waals surface area contributed by atoms with Crippen LogP contribution in [0.2, 0.25) is 0 Å². The third-order valence-electron chi connectivity index (χ3n) is 7.60. The van der Waals surface area contributed by atoms with Gasteiger partial charge in [0.25, 0.3) is 0 Å². The summed E-state index contributed by atoms with van der Waals surface area (Å²) in [6, 6.07) is 4.76. The average Bonchev–Trinajstić information content (AvgIpc) is 2.81. The van der Waals surface area contributed by atoms with Crippen LogP contribution in [0, 0.1) is 11.7 Å². The lowest BCUT2D eigenvalue weighted by atomic mass is 9.77. The normalized spacial score (nSPS) is 21.7. The van der Waals surface area contributed by atoms with E-state index in [1.54, 1.807) is 6.07 Å². The molecule has 1 fully saturated rings. The second-order valence-corrected chi connectivity index (χ2v) is 11.5. The highest BCUT2D eigenvalue weighted by Gasteiger charge is 2.41. The molecule has 1 aliphatic heterocycles. The number of nitrogens with zero attached hydrogens (tertiary/aromatic N) is 2. The molecule has 192 valence electrons. The Kier molecular flexibility index (Phi) is 9.39. The Balaban J connectivity index is 1.97. The van der Waals surface area contributed by atoms with E-state index < -0.39 is 11.6 Å². The van der Waals surface area contributed by atoms with Crippen LogP contribution in [0.3, 0.4) is 0 Å². The Morgan fingerprint density at radius 3 is 2.66 bits per heavy atom. The molecule has 35 heavy (non-hydrogen) atoms. The molecule has 0 saturated heterocycles. The summed E-state index contributed by atoms with van der Waals surface area (Å²) >= 11 is 1.44. The zero-order valence-electron chi connectivity index (χ0n) is 21.9. The molecule has 2 aliphatic rings. The number of carbonyl (C=O) groups excluding carboxylic acids is 1. The van der Waals surface area contributed by atoms with E-state index in [4.69, 9.17) is 4.99 Å². The van der Waals surface area contributed by atoms with E-state index in [1.807, 2.05) is 24.1 Å². The number of benzene rings is 1. The van der Waals surface area contributed by atoms with Crippen molar-refractivity contribution >= 4 is 23.9 Å². The molecular formula is C29H41FN2O2S. The summed E-state index contributed by atoms with van der Waals surface area (Å²) in [4.78, 5) is 21.8. The molecule has 1 aromatic rings. The van der Waals surface area contributed by atoms with E-state index in [2.05, 4.69) is 34.3 Å². The van der Waals surface area contributed by atoms with E-state index >= 15 is 0 Å². The molecule has 0 radical (unpaired) electrons. The summed E-state index contributed by atoms with van der Waals surface area (Å²) in [5.74, 6) is 0.120. The van der Waals surface area contributed by atoms with Gasteiger partial charge in [0.1, 0.15) is 11.9 Å². The van der Waals surface area contributed by atoms with Crippen molar-refractivity contribution < 1.29 is 14.3 Å². The third kappa shape index (κ3) is 6.45. The Bertz CT molecular complexity index is 998. The number of rotatable bonds is 10. The number of thioether (sulfide) groups is 1. The van der Waals surface area contributed by atoms with Crippen LogP contribution in [-0.4, -0.2) is 40.3 Å². The molecule has 0 bridgehead atoms. The summed E-state index contributed by atoms with van der Waals surface area (Å²) in [5.41, 5.74) is 1.80. The van der Waals surface area contributed by atoms with Gasteiger partial charge >= 0.3 is 0 Å². The largest absolute Gasteiger partial charge is 0.389 e. The van der Waals surface area contributed by atoms with Crippen LogP contribution in [0.4, 0.5) is 4.39 Å². The molecule has 1 aliphatic carbocycles. The highest BCUT2D eigenvalue weighted by atomic mass is 32.2. The van der Waals surface area contributed by atoms with E-state index in [0.29, 0.717) is 30.9 Å². The minimum atomic E-state index is -0.890. The molecule has 6 heteroatoms. The van der Waals surface area contributed by atoms with E-state index in [-0.39, 0.29) is 24.1 Å². The number of carbonyl (C=O) groups is 1. The fourth-order valence-electron chi connectivity index (χ4n) is 4.65. The Hall–Kier alpha value is -1.92. The first-order chi connectivity index (χ1) is 16.6. The topological polar surface area (TPSA) is 52.9 Å². The van der Waals surface area contributed by atoms with Gasteiger partial charge in [-0.05, 0) is 75.0 Å². The van der Waals surface area contributed by atoms with Gasteiger partial charge in [-0.2, -0.15) is 0 Å². The van der Waals surface area contributed by atoms with Gasteiger partial charge in [-0.1, -0.05) is 52.1 Å². The summed E-state index contributed by atoms with van der Waals surface area (Å²) in [7, 11) is 0. The maximum absolute atomic E-state index is 14.8. The van der Waals surface area contributed by atoms with Crippen molar-refractivity contribution in [2.75, 3.05) is 6.54 Å². The summed E-state index contributed by atoms with van der Waals surface area (Å²) in [6.07, 6.45) is 6.93. The molecule has 1 aromatic carbocycles. The second kappa shape index (κ2) is 11.9. The molecule has 0 aromatic heterocycles. The fourth-order valence-corrected chi connectivity index (χ4v) is 5.83. The lowest BCUT2D eigenvalue weighted by Crippen LogP contribution is -2.49. The maximum atomic E-state index is 14.8. The average molecular weight is 501 g/mol. The van der Waals surface area contributed by atoms with E-state index in [0.717, 1.165) is 46.8 Å². The van der Waals surface area contributed by atoms with Crippen molar-refractivity contribution in [2.24, 2.45) is 10.9 Å². The smallest absolute Gasteiger partial charge is 0.226 e. The lowest BCUT2D eigenvalue weighted by Gasteiger charge is -2.42.